The van der Waals surface area contributed by atoms with E-state index in [1.54, 1.807) is 12.5 Å². The Balaban J connectivity index is 1.26. The zero-order valence-electron chi connectivity index (χ0n) is 14.5. The molecular formula is C20H25N3O2. The highest BCUT2D eigenvalue weighted by Crippen LogP contribution is 2.59. The fraction of sp³-hybridized carbons (Fsp3) is 0.700. The summed E-state index contributed by atoms with van der Waals surface area (Å²) in [6.45, 7) is 1.14. The van der Waals surface area contributed by atoms with Crippen LogP contribution in [-0.4, -0.2) is 34.7 Å². The lowest BCUT2D eigenvalue weighted by Gasteiger charge is -2.54. The van der Waals surface area contributed by atoms with Crippen molar-refractivity contribution >= 4 is 5.91 Å². The third kappa shape index (κ3) is 2.87. The molecule has 25 heavy (non-hydrogen) atoms. The van der Waals surface area contributed by atoms with Crippen LogP contribution in [-0.2, 0) is 9.53 Å². The van der Waals surface area contributed by atoms with Crippen molar-refractivity contribution in [2.45, 2.75) is 50.6 Å². The summed E-state index contributed by atoms with van der Waals surface area (Å²) >= 11 is 0. The Labute approximate surface area is 148 Å². The van der Waals surface area contributed by atoms with Crippen LogP contribution in [0.4, 0.5) is 0 Å². The van der Waals surface area contributed by atoms with Crippen molar-refractivity contribution in [2.24, 2.45) is 23.2 Å². The summed E-state index contributed by atoms with van der Waals surface area (Å²) < 4.78 is 7.57. The van der Waals surface area contributed by atoms with Crippen LogP contribution in [0, 0.1) is 35.0 Å². The molecule has 5 nitrogen and oxygen atoms in total. The molecule has 0 aromatic carbocycles. The molecule has 6 rings (SSSR count). The van der Waals surface area contributed by atoms with Gasteiger partial charge in [0.2, 0.25) is 0 Å². The van der Waals surface area contributed by atoms with Crippen molar-refractivity contribution in [3.63, 3.8) is 0 Å². The van der Waals surface area contributed by atoms with E-state index in [0.29, 0.717) is 13.2 Å². The van der Waals surface area contributed by atoms with Gasteiger partial charge >= 0.3 is 0 Å². The van der Waals surface area contributed by atoms with Gasteiger partial charge in [0.15, 0.2) is 0 Å². The molecule has 0 radical (unpaired) electrons. The average Bonchev–Trinajstić information content (AvgIpc) is 3.23. The van der Waals surface area contributed by atoms with Gasteiger partial charge in [-0.1, -0.05) is 5.92 Å². The van der Waals surface area contributed by atoms with Crippen LogP contribution in [0.5, 0.6) is 0 Å². The van der Waals surface area contributed by atoms with Crippen LogP contribution in [0.25, 0.3) is 0 Å². The maximum absolute atomic E-state index is 12.4. The summed E-state index contributed by atoms with van der Waals surface area (Å²) in [4.78, 5) is 16.5. The minimum Gasteiger partial charge on any atom is -0.377 e. The number of rotatable bonds is 2. The summed E-state index contributed by atoms with van der Waals surface area (Å²) in [5, 5.41) is 3.06. The second-order valence-corrected chi connectivity index (χ2v) is 8.64. The van der Waals surface area contributed by atoms with Gasteiger partial charge in [-0.3, -0.25) is 4.79 Å². The number of aromatic nitrogens is 2. The van der Waals surface area contributed by atoms with E-state index in [2.05, 4.69) is 22.1 Å². The number of carbonyl (C=O) groups is 1. The summed E-state index contributed by atoms with van der Waals surface area (Å²) in [7, 11) is 0. The summed E-state index contributed by atoms with van der Waals surface area (Å²) in [6.07, 6.45) is 13.3. The number of nitrogens with one attached hydrogen (secondary N) is 1. The van der Waals surface area contributed by atoms with E-state index in [-0.39, 0.29) is 23.4 Å². The van der Waals surface area contributed by atoms with Gasteiger partial charge in [-0.15, -0.1) is 0 Å². The highest BCUT2D eigenvalue weighted by Gasteiger charge is 2.50. The molecule has 1 N–H and O–H groups in total. The van der Waals surface area contributed by atoms with Crippen LogP contribution in [0.2, 0.25) is 0 Å². The fourth-order valence-corrected chi connectivity index (χ4v) is 6.10. The van der Waals surface area contributed by atoms with E-state index in [9.17, 15) is 4.79 Å². The second kappa shape index (κ2) is 5.88. The maximum atomic E-state index is 12.4. The Morgan fingerprint density at radius 1 is 1.16 bits per heavy atom. The van der Waals surface area contributed by atoms with Crippen LogP contribution in [0.1, 0.15) is 44.6 Å². The number of carbonyl (C=O) groups excluding carboxylic acids is 1. The highest BCUT2D eigenvalue weighted by atomic mass is 16.5. The zero-order chi connectivity index (χ0) is 16.9. The summed E-state index contributed by atoms with van der Waals surface area (Å²) in [6, 6.07) is 0.0696. The smallest absolute Gasteiger partial charge is 0.296 e. The Bertz CT molecular complexity index is 680. The third-order valence-electron chi connectivity index (χ3n) is 6.75. The minimum atomic E-state index is -0.156. The molecule has 4 aliphatic carbocycles. The van der Waals surface area contributed by atoms with Crippen molar-refractivity contribution in [3.05, 3.63) is 18.7 Å². The van der Waals surface area contributed by atoms with Crippen molar-refractivity contribution in [3.8, 4) is 11.8 Å². The Morgan fingerprint density at radius 3 is 2.52 bits per heavy atom. The van der Waals surface area contributed by atoms with E-state index < -0.39 is 0 Å². The van der Waals surface area contributed by atoms with Gasteiger partial charge in [-0.2, -0.15) is 0 Å². The van der Waals surface area contributed by atoms with Crippen molar-refractivity contribution in [2.75, 3.05) is 13.2 Å². The van der Waals surface area contributed by atoms with Gasteiger partial charge in [-0.05, 0) is 62.2 Å². The molecule has 5 aliphatic rings. The molecule has 4 saturated carbocycles. The lowest BCUT2D eigenvalue weighted by atomic mass is 9.50. The molecule has 2 heterocycles. The predicted octanol–water partition coefficient (Wildman–Crippen LogP) is 2.16. The maximum Gasteiger partial charge on any atom is 0.296 e. The Kier molecular flexibility index (Phi) is 3.63. The lowest BCUT2D eigenvalue weighted by molar-refractivity contribution is -0.116. The molecule has 1 aromatic heterocycles. The minimum absolute atomic E-state index is 0.0348. The molecular weight excluding hydrogens is 314 g/mol. The molecule has 1 aromatic rings. The lowest BCUT2D eigenvalue weighted by Crippen LogP contribution is -2.45. The summed E-state index contributed by atoms with van der Waals surface area (Å²) in [5.74, 6) is 8.80. The first-order valence-corrected chi connectivity index (χ1v) is 9.58. The largest absolute Gasteiger partial charge is 0.377 e. The first-order valence-electron chi connectivity index (χ1n) is 9.58. The fourth-order valence-electron chi connectivity index (χ4n) is 6.10. The number of hydrogen-bond donors (Lipinski definition) is 1. The van der Waals surface area contributed by atoms with E-state index in [0.717, 1.165) is 17.8 Å². The van der Waals surface area contributed by atoms with Crippen LogP contribution in [0.3, 0.4) is 0 Å². The number of ether oxygens (including phenoxy) is 1. The first kappa shape index (κ1) is 15.5. The monoisotopic (exact) mass is 339 g/mol. The van der Waals surface area contributed by atoms with Crippen molar-refractivity contribution < 1.29 is 9.53 Å². The molecule has 0 unspecified atom stereocenters. The van der Waals surface area contributed by atoms with Gasteiger partial charge in [0.1, 0.15) is 0 Å². The topological polar surface area (TPSA) is 56.1 Å². The van der Waals surface area contributed by atoms with E-state index in [1.807, 2.05) is 10.8 Å². The molecule has 1 saturated heterocycles. The first-order chi connectivity index (χ1) is 12.2. The Morgan fingerprint density at radius 2 is 1.88 bits per heavy atom. The number of nitrogens with zero attached hydrogens (tertiary/aromatic N) is 2. The summed E-state index contributed by atoms with van der Waals surface area (Å²) in [5.41, 5.74) is 0.127. The molecule has 4 bridgehead atoms. The van der Waals surface area contributed by atoms with Gasteiger partial charge in [0.25, 0.3) is 5.91 Å². The van der Waals surface area contributed by atoms with Crippen LogP contribution in [0.15, 0.2) is 18.7 Å². The molecule has 5 heteroatoms. The number of hydrogen-bond acceptors (Lipinski definition) is 3. The molecule has 5 fully saturated rings. The average molecular weight is 339 g/mol. The Hall–Kier alpha value is -1.80. The number of amides is 1. The predicted molar refractivity (Wildman–Crippen MR) is 92.4 cm³/mol. The van der Waals surface area contributed by atoms with Crippen molar-refractivity contribution in [1.29, 1.82) is 0 Å². The highest BCUT2D eigenvalue weighted by molar-refractivity contribution is 5.93. The quantitative estimate of drug-likeness (QED) is 0.840. The van der Waals surface area contributed by atoms with E-state index in [1.165, 1.54) is 38.5 Å². The molecule has 1 aliphatic heterocycles. The van der Waals surface area contributed by atoms with Gasteiger partial charge < -0.3 is 14.6 Å². The number of imidazole rings is 1. The second-order valence-electron chi connectivity index (χ2n) is 8.64. The SMILES string of the molecule is O=C(C#CC12CC3CC(CC(C3)C1)C2)N[C@@H]1COC[C@@H]1n1ccnc1. The third-order valence-corrected chi connectivity index (χ3v) is 6.75. The van der Waals surface area contributed by atoms with Crippen molar-refractivity contribution in [1.82, 2.24) is 14.9 Å². The van der Waals surface area contributed by atoms with Crippen LogP contribution >= 0.6 is 0 Å². The molecule has 0 spiro atoms. The zero-order valence-corrected chi connectivity index (χ0v) is 14.5. The standard InChI is InChI=1S/C20H25N3O2/c24-19(22-17-11-25-12-18(17)23-4-3-21-13-23)1-2-20-8-14-5-15(9-20)7-16(6-14)10-20/h3-4,13-18H,5-12H2,(H,22,24)/t14?,15?,16?,17-,18+,20?/m1/s1. The van der Waals surface area contributed by atoms with E-state index in [4.69, 9.17) is 4.74 Å². The molecule has 132 valence electrons. The molecule has 2 atom stereocenters. The van der Waals surface area contributed by atoms with E-state index >= 15 is 0 Å². The normalized spacial score (nSPS) is 41.4. The van der Waals surface area contributed by atoms with Gasteiger partial charge in [0.05, 0.1) is 31.6 Å². The van der Waals surface area contributed by atoms with Gasteiger partial charge in [-0.25, -0.2) is 4.98 Å². The molecule has 1 amide bonds. The van der Waals surface area contributed by atoms with Gasteiger partial charge in [0, 0.05) is 17.8 Å². The van der Waals surface area contributed by atoms with Crippen LogP contribution < -0.4 is 5.32 Å².